The summed E-state index contributed by atoms with van der Waals surface area (Å²) in [6.45, 7) is 0. The molecule has 0 N–H and O–H groups in total. The standard InChI is InChI=1S/C16H11NS2/c1-17-12-8-4-2-6-10(12)14-11-7-3-5-9-13(11)19-15(14)16(17)18/h2-9H,1H3. The molecular formula is C16H11NS2. The van der Waals surface area contributed by atoms with Crippen molar-refractivity contribution in [3.63, 3.8) is 0 Å². The molecule has 4 rings (SSSR count). The van der Waals surface area contributed by atoms with Crippen LogP contribution in [0.4, 0.5) is 0 Å². The number of aryl methyl sites for hydroxylation is 1. The number of hydrogen-bond acceptors (Lipinski definition) is 2. The van der Waals surface area contributed by atoms with Crippen molar-refractivity contribution < 1.29 is 0 Å². The highest BCUT2D eigenvalue weighted by Gasteiger charge is 2.11. The molecule has 0 amide bonds. The molecule has 2 heterocycles. The number of thiophene rings is 1. The molecule has 0 aliphatic heterocycles. The molecular weight excluding hydrogens is 270 g/mol. The normalized spacial score (nSPS) is 11.6. The molecule has 19 heavy (non-hydrogen) atoms. The molecule has 0 unspecified atom stereocenters. The third-order valence-electron chi connectivity index (χ3n) is 3.63. The quantitative estimate of drug-likeness (QED) is 0.397. The summed E-state index contributed by atoms with van der Waals surface area (Å²) in [5, 5.41) is 3.90. The molecule has 3 heteroatoms. The van der Waals surface area contributed by atoms with Crippen molar-refractivity contribution in [2.45, 2.75) is 0 Å². The van der Waals surface area contributed by atoms with Gasteiger partial charge in [-0.2, -0.15) is 0 Å². The first-order chi connectivity index (χ1) is 9.27. The zero-order chi connectivity index (χ0) is 13.0. The van der Waals surface area contributed by atoms with Gasteiger partial charge in [-0.1, -0.05) is 48.6 Å². The minimum Gasteiger partial charge on any atom is -0.334 e. The van der Waals surface area contributed by atoms with Crippen molar-refractivity contribution in [2.24, 2.45) is 7.05 Å². The van der Waals surface area contributed by atoms with Crippen LogP contribution < -0.4 is 0 Å². The van der Waals surface area contributed by atoms with Crippen molar-refractivity contribution >= 4 is 54.6 Å². The van der Waals surface area contributed by atoms with E-state index in [0.29, 0.717) is 0 Å². The lowest BCUT2D eigenvalue weighted by Crippen LogP contribution is -1.94. The van der Waals surface area contributed by atoms with Gasteiger partial charge in [0.05, 0.1) is 4.70 Å². The molecule has 0 atom stereocenters. The van der Waals surface area contributed by atoms with Gasteiger partial charge in [-0.15, -0.1) is 11.3 Å². The highest BCUT2D eigenvalue weighted by atomic mass is 32.1. The number of pyridine rings is 1. The summed E-state index contributed by atoms with van der Waals surface area (Å²) in [7, 11) is 2.05. The first-order valence-electron chi connectivity index (χ1n) is 6.16. The van der Waals surface area contributed by atoms with Crippen LogP contribution in [0.25, 0.3) is 31.1 Å². The van der Waals surface area contributed by atoms with E-state index in [1.807, 2.05) is 0 Å². The molecule has 2 aromatic heterocycles. The number of hydrogen-bond donors (Lipinski definition) is 0. The zero-order valence-corrected chi connectivity index (χ0v) is 12.0. The van der Waals surface area contributed by atoms with Crippen molar-refractivity contribution in [2.75, 3.05) is 0 Å². The number of benzene rings is 2. The summed E-state index contributed by atoms with van der Waals surface area (Å²) in [4.78, 5) is 0. The van der Waals surface area contributed by atoms with E-state index in [9.17, 15) is 0 Å². The molecule has 2 aromatic carbocycles. The Hall–Kier alpha value is -1.71. The van der Waals surface area contributed by atoms with Crippen molar-refractivity contribution in [1.29, 1.82) is 0 Å². The van der Waals surface area contributed by atoms with Gasteiger partial charge in [-0.3, -0.25) is 0 Å². The molecule has 0 fully saturated rings. The molecule has 0 aliphatic carbocycles. The number of fused-ring (bicyclic) bond motifs is 5. The van der Waals surface area contributed by atoms with Gasteiger partial charge < -0.3 is 4.57 Å². The molecule has 92 valence electrons. The first kappa shape index (κ1) is 11.1. The Bertz CT molecular complexity index is 992. The van der Waals surface area contributed by atoms with E-state index in [4.69, 9.17) is 12.2 Å². The van der Waals surface area contributed by atoms with Crippen LogP contribution in [0.2, 0.25) is 0 Å². The number of rotatable bonds is 0. The molecule has 0 saturated carbocycles. The van der Waals surface area contributed by atoms with Gasteiger partial charge in [0, 0.05) is 33.4 Å². The lowest BCUT2D eigenvalue weighted by atomic mass is 10.1. The van der Waals surface area contributed by atoms with Crippen LogP contribution in [0.5, 0.6) is 0 Å². The second-order valence-corrected chi connectivity index (χ2v) is 6.12. The summed E-state index contributed by atoms with van der Waals surface area (Å²) in [5.74, 6) is 0. The minimum absolute atomic E-state index is 0.926. The fourth-order valence-electron chi connectivity index (χ4n) is 2.70. The van der Waals surface area contributed by atoms with Gasteiger partial charge in [0.25, 0.3) is 0 Å². The second-order valence-electron chi connectivity index (χ2n) is 4.68. The van der Waals surface area contributed by atoms with Gasteiger partial charge in [-0.25, -0.2) is 0 Å². The average Bonchev–Trinajstić information content (AvgIpc) is 2.84. The Balaban J connectivity index is 2.47. The highest BCUT2D eigenvalue weighted by molar-refractivity contribution is 7.72. The SMILES string of the molecule is Cn1c(=S)c2sc3ccccc3c2c2ccccc21. The lowest BCUT2D eigenvalue weighted by Gasteiger charge is -2.07. The van der Waals surface area contributed by atoms with Gasteiger partial charge in [-0.05, 0) is 12.1 Å². The topological polar surface area (TPSA) is 4.93 Å². The van der Waals surface area contributed by atoms with Crippen LogP contribution in [0.3, 0.4) is 0 Å². The van der Waals surface area contributed by atoms with Gasteiger partial charge in [0.1, 0.15) is 4.64 Å². The van der Waals surface area contributed by atoms with Crippen molar-refractivity contribution in [1.82, 2.24) is 4.57 Å². The van der Waals surface area contributed by atoms with Gasteiger partial charge in [0.15, 0.2) is 0 Å². The van der Waals surface area contributed by atoms with Gasteiger partial charge >= 0.3 is 0 Å². The Morgan fingerprint density at radius 3 is 2.47 bits per heavy atom. The van der Waals surface area contributed by atoms with E-state index in [0.717, 1.165) is 4.64 Å². The summed E-state index contributed by atoms with van der Waals surface area (Å²) in [5.41, 5.74) is 1.20. The van der Waals surface area contributed by atoms with Crippen LogP contribution in [-0.2, 0) is 7.05 Å². The molecule has 0 bridgehead atoms. The summed E-state index contributed by atoms with van der Waals surface area (Å²) >= 11 is 7.43. The Labute approximate surface area is 119 Å². The monoisotopic (exact) mass is 281 g/mol. The molecule has 1 nitrogen and oxygen atoms in total. The van der Waals surface area contributed by atoms with E-state index in [1.165, 1.54) is 31.1 Å². The Morgan fingerprint density at radius 1 is 0.947 bits per heavy atom. The average molecular weight is 281 g/mol. The van der Waals surface area contributed by atoms with Crippen LogP contribution in [0.15, 0.2) is 48.5 Å². The maximum Gasteiger partial charge on any atom is 0.124 e. The maximum absolute atomic E-state index is 5.64. The lowest BCUT2D eigenvalue weighted by molar-refractivity contribution is 0.948. The molecule has 0 saturated heterocycles. The number of aromatic nitrogens is 1. The highest BCUT2D eigenvalue weighted by Crippen LogP contribution is 2.38. The molecule has 0 radical (unpaired) electrons. The smallest absolute Gasteiger partial charge is 0.124 e. The number of nitrogens with zero attached hydrogens (tertiary/aromatic N) is 1. The van der Waals surface area contributed by atoms with E-state index in [1.54, 1.807) is 11.3 Å². The molecule has 4 aromatic rings. The Morgan fingerprint density at radius 2 is 1.63 bits per heavy atom. The molecule has 0 spiro atoms. The Kier molecular flexibility index (Phi) is 2.28. The summed E-state index contributed by atoms with van der Waals surface area (Å²) in [6.07, 6.45) is 0. The molecule has 0 aliphatic rings. The van der Waals surface area contributed by atoms with E-state index in [2.05, 4.69) is 60.1 Å². The summed E-state index contributed by atoms with van der Waals surface area (Å²) in [6, 6.07) is 17.0. The van der Waals surface area contributed by atoms with E-state index in [-0.39, 0.29) is 0 Å². The van der Waals surface area contributed by atoms with Crippen LogP contribution in [0.1, 0.15) is 0 Å². The largest absolute Gasteiger partial charge is 0.334 e. The third-order valence-corrected chi connectivity index (χ3v) is 5.41. The maximum atomic E-state index is 5.64. The van der Waals surface area contributed by atoms with Crippen LogP contribution >= 0.6 is 23.6 Å². The fourth-order valence-corrected chi connectivity index (χ4v) is 4.22. The first-order valence-corrected chi connectivity index (χ1v) is 7.39. The third kappa shape index (κ3) is 1.43. The predicted octanol–water partition coefficient (Wildman–Crippen LogP) is 5.28. The minimum atomic E-state index is 0.926. The zero-order valence-electron chi connectivity index (χ0n) is 10.4. The van der Waals surface area contributed by atoms with E-state index >= 15 is 0 Å². The van der Waals surface area contributed by atoms with Crippen LogP contribution in [0, 0.1) is 4.64 Å². The van der Waals surface area contributed by atoms with Crippen LogP contribution in [-0.4, -0.2) is 4.57 Å². The second kappa shape index (κ2) is 3.89. The number of para-hydroxylation sites is 1. The van der Waals surface area contributed by atoms with Crippen molar-refractivity contribution in [3.8, 4) is 0 Å². The van der Waals surface area contributed by atoms with Crippen molar-refractivity contribution in [3.05, 3.63) is 53.2 Å². The predicted molar refractivity (Wildman–Crippen MR) is 86.6 cm³/mol. The summed E-state index contributed by atoms with van der Waals surface area (Å²) < 4.78 is 5.56. The fraction of sp³-hybridized carbons (Fsp3) is 0.0625. The van der Waals surface area contributed by atoms with Gasteiger partial charge in [0.2, 0.25) is 0 Å². The van der Waals surface area contributed by atoms with E-state index < -0.39 is 0 Å².